The van der Waals surface area contributed by atoms with Crippen LogP contribution in [0.1, 0.15) is 47.5 Å². The van der Waals surface area contributed by atoms with Gasteiger partial charge in [0.15, 0.2) is 10.9 Å². The van der Waals surface area contributed by atoms with Crippen molar-refractivity contribution in [3.05, 3.63) is 50.6 Å². The van der Waals surface area contributed by atoms with Crippen LogP contribution in [0.25, 0.3) is 10.2 Å². The largest absolute Gasteiger partial charge is 0.325 e. The average Bonchev–Trinajstić information content (AvgIpc) is 3.30. The highest BCUT2D eigenvalue weighted by Gasteiger charge is 2.23. The fourth-order valence-corrected chi connectivity index (χ4v) is 5.93. The number of rotatable bonds is 7. The van der Waals surface area contributed by atoms with Crippen LogP contribution >= 0.6 is 23.1 Å². The van der Waals surface area contributed by atoms with Crippen LogP contribution < -0.4 is 10.9 Å². The van der Waals surface area contributed by atoms with Gasteiger partial charge in [-0.25, -0.2) is 4.98 Å². The number of para-hydroxylation sites is 1. The second kappa shape index (κ2) is 8.73. The maximum atomic E-state index is 13.2. The topological polar surface area (TPSA) is 81.1 Å². The summed E-state index contributed by atoms with van der Waals surface area (Å²) in [5.41, 5.74) is 2.16. The van der Waals surface area contributed by atoms with Crippen LogP contribution in [0.5, 0.6) is 0 Å². The predicted molar refractivity (Wildman–Crippen MR) is 122 cm³/mol. The van der Waals surface area contributed by atoms with Gasteiger partial charge in [0, 0.05) is 17.0 Å². The summed E-state index contributed by atoms with van der Waals surface area (Å²) in [6, 6.07) is 6.95. The quantitative estimate of drug-likeness (QED) is 0.336. The maximum Gasteiger partial charge on any atom is 0.263 e. The maximum absolute atomic E-state index is 13.2. The number of hydrogen-bond acceptors (Lipinski definition) is 6. The Morgan fingerprint density at radius 3 is 2.83 bits per heavy atom. The van der Waals surface area contributed by atoms with Crippen LogP contribution in [0.3, 0.4) is 0 Å². The van der Waals surface area contributed by atoms with E-state index in [0.717, 1.165) is 35.9 Å². The van der Waals surface area contributed by atoms with Crippen molar-refractivity contribution in [3.63, 3.8) is 0 Å². The minimum absolute atomic E-state index is 0.00563. The van der Waals surface area contributed by atoms with Gasteiger partial charge in [-0.1, -0.05) is 30.8 Å². The monoisotopic (exact) mass is 441 g/mol. The highest BCUT2D eigenvalue weighted by atomic mass is 32.2. The molecule has 30 heavy (non-hydrogen) atoms. The third-order valence-electron chi connectivity index (χ3n) is 5.15. The fraction of sp³-hybridized carbons (Fsp3) is 0.364. The zero-order valence-electron chi connectivity index (χ0n) is 17.0. The summed E-state index contributed by atoms with van der Waals surface area (Å²) < 4.78 is 1.70. The molecule has 1 aliphatic rings. The number of carbonyl (C=O) groups is 2. The van der Waals surface area contributed by atoms with Crippen molar-refractivity contribution in [2.45, 2.75) is 51.2 Å². The third-order valence-corrected chi connectivity index (χ3v) is 7.31. The Kier molecular flexibility index (Phi) is 6.06. The SMILES string of the molecule is CCCn1c(SCC(=O)Nc2ccccc2C(C)=O)nc2sc3c(c2c1=O)CCC3. The second-order valence-electron chi connectivity index (χ2n) is 7.33. The Bertz CT molecular complexity index is 1200. The molecule has 0 spiro atoms. The number of hydrogen-bond donors (Lipinski definition) is 1. The summed E-state index contributed by atoms with van der Waals surface area (Å²) in [5, 5.41) is 4.15. The molecule has 2 aromatic heterocycles. The smallest absolute Gasteiger partial charge is 0.263 e. The van der Waals surface area contributed by atoms with Gasteiger partial charge in [-0.05, 0) is 50.3 Å². The van der Waals surface area contributed by atoms with Crippen molar-refractivity contribution in [2.24, 2.45) is 0 Å². The fourth-order valence-electron chi connectivity index (χ4n) is 3.80. The molecule has 0 aliphatic heterocycles. The predicted octanol–water partition coefficient (Wildman–Crippen LogP) is 4.29. The number of aromatic nitrogens is 2. The van der Waals surface area contributed by atoms with Gasteiger partial charge in [0.1, 0.15) is 4.83 Å². The van der Waals surface area contributed by atoms with Gasteiger partial charge in [0.2, 0.25) is 5.91 Å². The van der Waals surface area contributed by atoms with Crippen molar-refractivity contribution in [1.29, 1.82) is 0 Å². The van der Waals surface area contributed by atoms with Crippen molar-refractivity contribution >= 4 is 50.7 Å². The van der Waals surface area contributed by atoms with Crippen LogP contribution in [0.2, 0.25) is 0 Å². The van der Waals surface area contributed by atoms with E-state index >= 15 is 0 Å². The molecule has 0 saturated carbocycles. The molecular weight excluding hydrogens is 418 g/mol. The lowest BCUT2D eigenvalue weighted by molar-refractivity contribution is -0.113. The highest BCUT2D eigenvalue weighted by molar-refractivity contribution is 7.99. The van der Waals surface area contributed by atoms with Crippen LogP contribution in [0.4, 0.5) is 5.69 Å². The van der Waals surface area contributed by atoms with E-state index in [-0.39, 0.29) is 23.0 Å². The molecule has 0 bridgehead atoms. The van der Waals surface area contributed by atoms with Gasteiger partial charge in [0.25, 0.3) is 5.56 Å². The van der Waals surface area contributed by atoms with E-state index in [9.17, 15) is 14.4 Å². The lowest BCUT2D eigenvalue weighted by Crippen LogP contribution is -2.24. The third kappa shape index (κ3) is 3.94. The van der Waals surface area contributed by atoms with Gasteiger partial charge in [0.05, 0.1) is 16.8 Å². The number of carbonyl (C=O) groups excluding carboxylic acids is 2. The number of thiophene rings is 1. The molecule has 156 valence electrons. The van der Waals surface area contributed by atoms with Crippen LogP contribution in [-0.2, 0) is 24.2 Å². The summed E-state index contributed by atoms with van der Waals surface area (Å²) in [7, 11) is 0. The summed E-state index contributed by atoms with van der Waals surface area (Å²) in [6.45, 7) is 4.07. The van der Waals surface area contributed by atoms with E-state index in [1.54, 1.807) is 40.2 Å². The number of ketones is 1. The first kappa shape index (κ1) is 20.8. The summed E-state index contributed by atoms with van der Waals surface area (Å²) in [5.74, 6) is -0.230. The van der Waals surface area contributed by atoms with Gasteiger partial charge >= 0.3 is 0 Å². The van der Waals surface area contributed by atoms with Gasteiger partial charge in [-0.3, -0.25) is 19.0 Å². The minimum Gasteiger partial charge on any atom is -0.325 e. The van der Waals surface area contributed by atoms with E-state index in [0.29, 0.717) is 23.0 Å². The molecule has 0 radical (unpaired) electrons. The number of nitrogens with one attached hydrogen (secondary N) is 1. The van der Waals surface area contributed by atoms with E-state index < -0.39 is 0 Å². The molecular formula is C22H23N3O3S2. The number of fused-ring (bicyclic) bond motifs is 3. The lowest BCUT2D eigenvalue weighted by atomic mass is 10.1. The summed E-state index contributed by atoms with van der Waals surface area (Å²) >= 11 is 2.87. The summed E-state index contributed by atoms with van der Waals surface area (Å²) in [6.07, 6.45) is 3.88. The molecule has 0 atom stereocenters. The number of benzene rings is 1. The van der Waals surface area contributed by atoms with Gasteiger partial charge in [-0.2, -0.15) is 0 Å². The first-order valence-corrected chi connectivity index (χ1v) is 11.9. The Morgan fingerprint density at radius 1 is 1.27 bits per heavy atom. The van der Waals surface area contributed by atoms with Crippen molar-refractivity contribution in [2.75, 3.05) is 11.1 Å². The summed E-state index contributed by atoms with van der Waals surface area (Å²) in [4.78, 5) is 44.3. The normalized spacial score (nSPS) is 12.9. The number of thioether (sulfide) groups is 1. The van der Waals surface area contributed by atoms with Gasteiger partial charge in [-0.15, -0.1) is 11.3 Å². The number of anilines is 1. The average molecular weight is 442 g/mol. The van der Waals surface area contributed by atoms with Crippen molar-refractivity contribution < 1.29 is 9.59 Å². The molecule has 1 amide bonds. The van der Waals surface area contributed by atoms with Gasteiger partial charge < -0.3 is 5.32 Å². The molecule has 1 N–H and O–H groups in total. The minimum atomic E-state index is -0.236. The molecule has 6 nitrogen and oxygen atoms in total. The van der Waals surface area contributed by atoms with E-state index in [1.165, 1.54) is 29.1 Å². The zero-order chi connectivity index (χ0) is 21.3. The van der Waals surface area contributed by atoms with E-state index in [2.05, 4.69) is 5.32 Å². The Balaban J connectivity index is 1.58. The van der Waals surface area contributed by atoms with Crippen LogP contribution in [-0.4, -0.2) is 27.0 Å². The Labute approximate surface area is 182 Å². The highest BCUT2D eigenvalue weighted by Crippen LogP contribution is 2.35. The Hall–Kier alpha value is -2.45. The molecule has 8 heteroatoms. The molecule has 0 unspecified atom stereocenters. The number of aryl methyl sites for hydroxylation is 2. The standard InChI is InChI=1S/C22H23N3O3S2/c1-3-11-25-21(28)19-15-8-6-10-17(15)30-20(19)24-22(25)29-12-18(27)23-16-9-5-4-7-14(16)13(2)26/h4-5,7,9H,3,6,8,10-12H2,1-2H3,(H,23,27). The number of amides is 1. The molecule has 0 fully saturated rings. The molecule has 0 saturated heterocycles. The van der Waals surface area contributed by atoms with Crippen LogP contribution in [0, 0.1) is 0 Å². The zero-order valence-corrected chi connectivity index (χ0v) is 18.6. The molecule has 1 aromatic carbocycles. The number of nitrogens with zero attached hydrogens (tertiary/aromatic N) is 2. The molecule has 2 heterocycles. The molecule has 3 aromatic rings. The Morgan fingerprint density at radius 2 is 2.07 bits per heavy atom. The van der Waals surface area contributed by atoms with Crippen LogP contribution in [0.15, 0.2) is 34.2 Å². The molecule has 1 aliphatic carbocycles. The lowest BCUT2D eigenvalue weighted by Gasteiger charge is -2.12. The first-order valence-electron chi connectivity index (χ1n) is 10.1. The van der Waals surface area contributed by atoms with Crippen molar-refractivity contribution in [3.8, 4) is 0 Å². The van der Waals surface area contributed by atoms with E-state index in [1.807, 2.05) is 6.92 Å². The van der Waals surface area contributed by atoms with E-state index in [4.69, 9.17) is 4.98 Å². The first-order chi connectivity index (χ1) is 14.5. The number of Topliss-reactive ketones (excluding diaryl/α,β-unsaturated/α-hetero) is 1. The second-order valence-corrected chi connectivity index (χ2v) is 9.35. The van der Waals surface area contributed by atoms with Crippen molar-refractivity contribution in [1.82, 2.24) is 9.55 Å². The molecule has 4 rings (SSSR count).